The van der Waals surface area contributed by atoms with Gasteiger partial charge in [0.05, 0.1) is 28.5 Å². The number of carbonyl (C=O) groups is 1. The topological polar surface area (TPSA) is 99.6 Å². The van der Waals surface area contributed by atoms with Crippen molar-refractivity contribution in [2.45, 2.75) is 37.1 Å². The Hall–Kier alpha value is -4.54. The zero-order valence-electron chi connectivity index (χ0n) is 23.1. The number of aromatic nitrogens is 3. The lowest BCUT2D eigenvalue weighted by atomic mass is 9.93. The molecule has 0 unspecified atom stereocenters. The van der Waals surface area contributed by atoms with Crippen molar-refractivity contribution < 1.29 is 13.9 Å². The van der Waals surface area contributed by atoms with E-state index < -0.39 is 12.0 Å². The van der Waals surface area contributed by atoms with Gasteiger partial charge in [-0.05, 0) is 56.3 Å². The van der Waals surface area contributed by atoms with Crippen LogP contribution < -0.4 is 14.9 Å². The zero-order chi connectivity index (χ0) is 29.2. The van der Waals surface area contributed by atoms with E-state index in [0.29, 0.717) is 36.6 Å². The van der Waals surface area contributed by atoms with Gasteiger partial charge in [0.15, 0.2) is 15.1 Å². The second-order valence-corrected chi connectivity index (χ2v) is 11.5. The first-order chi connectivity index (χ1) is 20.4. The number of furan rings is 1. The summed E-state index contributed by atoms with van der Waals surface area (Å²) in [7, 11) is 0. The first kappa shape index (κ1) is 27.6. The lowest BCUT2D eigenvalue weighted by molar-refractivity contribution is -0.138. The van der Waals surface area contributed by atoms with Crippen molar-refractivity contribution in [1.29, 1.82) is 0 Å². The Morgan fingerprint density at radius 2 is 1.71 bits per heavy atom. The molecule has 2 aromatic carbocycles. The van der Waals surface area contributed by atoms with Crippen LogP contribution in [0.25, 0.3) is 11.8 Å². The van der Waals surface area contributed by atoms with Gasteiger partial charge in [-0.25, -0.2) is 19.8 Å². The van der Waals surface area contributed by atoms with Gasteiger partial charge in [-0.15, -0.1) is 0 Å². The third-order valence-corrected chi connectivity index (χ3v) is 8.29. The van der Waals surface area contributed by atoms with Crippen LogP contribution in [-0.2, 0) is 9.53 Å². The number of aryl methyl sites for hydroxylation is 2. The van der Waals surface area contributed by atoms with Gasteiger partial charge < -0.3 is 9.15 Å². The minimum atomic E-state index is -0.719. The summed E-state index contributed by atoms with van der Waals surface area (Å²) in [5.74, 6) is 0.000771. The van der Waals surface area contributed by atoms with Gasteiger partial charge in [-0.3, -0.25) is 9.36 Å². The van der Waals surface area contributed by atoms with Crippen LogP contribution in [0.5, 0.6) is 0 Å². The molecule has 0 amide bonds. The molecule has 42 heavy (non-hydrogen) atoms. The van der Waals surface area contributed by atoms with Crippen LogP contribution in [0.1, 0.15) is 41.2 Å². The molecule has 10 heteroatoms. The van der Waals surface area contributed by atoms with Gasteiger partial charge in [0.25, 0.3) is 5.56 Å². The van der Waals surface area contributed by atoms with Gasteiger partial charge in [-0.1, -0.05) is 72.0 Å². The van der Waals surface area contributed by atoms with Crippen molar-refractivity contribution in [2.75, 3.05) is 6.61 Å². The van der Waals surface area contributed by atoms with Gasteiger partial charge in [0.1, 0.15) is 5.76 Å². The van der Waals surface area contributed by atoms with E-state index in [9.17, 15) is 9.59 Å². The molecular weight excluding hydrogens is 569 g/mol. The lowest BCUT2D eigenvalue weighted by Crippen LogP contribution is -2.39. The lowest BCUT2D eigenvalue weighted by Gasteiger charge is -2.25. The van der Waals surface area contributed by atoms with Crippen molar-refractivity contribution in [2.24, 2.45) is 4.99 Å². The maximum absolute atomic E-state index is 14.0. The van der Waals surface area contributed by atoms with Crippen molar-refractivity contribution in [3.63, 3.8) is 0 Å². The van der Waals surface area contributed by atoms with E-state index in [1.807, 2.05) is 86.6 Å². The Labute approximate surface area is 249 Å². The van der Waals surface area contributed by atoms with Gasteiger partial charge in [0.2, 0.25) is 0 Å². The van der Waals surface area contributed by atoms with E-state index in [1.54, 1.807) is 23.6 Å². The Morgan fingerprint density at radius 3 is 2.40 bits per heavy atom. The van der Waals surface area contributed by atoms with Crippen molar-refractivity contribution in [3.05, 3.63) is 132 Å². The van der Waals surface area contributed by atoms with E-state index in [2.05, 4.69) is 9.97 Å². The minimum Gasteiger partial charge on any atom is -0.463 e. The maximum atomic E-state index is 14.0. The van der Waals surface area contributed by atoms with Crippen LogP contribution in [0.4, 0.5) is 0 Å². The average Bonchev–Trinajstić information content (AvgIpc) is 3.55. The molecule has 6 rings (SSSR count). The molecule has 1 aliphatic heterocycles. The molecule has 0 fully saturated rings. The summed E-state index contributed by atoms with van der Waals surface area (Å²) in [4.78, 5) is 41.7. The van der Waals surface area contributed by atoms with E-state index >= 15 is 0 Å². The Morgan fingerprint density at radius 1 is 1.02 bits per heavy atom. The van der Waals surface area contributed by atoms with E-state index in [0.717, 1.165) is 22.5 Å². The number of rotatable bonds is 7. The molecule has 1 atom stereocenters. The molecule has 0 radical (unpaired) electrons. The number of esters is 1. The first-order valence-corrected chi connectivity index (χ1v) is 15.0. The second kappa shape index (κ2) is 11.8. The fourth-order valence-electron chi connectivity index (χ4n) is 4.82. The van der Waals surface area contributed by atoms with Gasteiger partial charge in [-0.2, -0.15) is 0 Å². The maximum Gasteiger partial charge on any atom is 0.338 e. The van der Waals surface area contributed by atoms with Crippen LogP contribution in [0.15, 0.2) is 109 Å². The molecule has 5 aromatic rings. The SMILES string of the molecule is CCOC(=O)C1=C(c2ccccc2)N=c2s/c(=C/c3ccc(Sc4nc(C)cc(C)n4)o3)c(=O)n2[C@@H]1c1ccccc1. The average molecular weight is 595 g/mol. The number of fused-ring (bicyclic) bond motifs is 1. The van der Waals surface area contributed by atoms with Crippen LogP contribution >= 0.6 is 23.1 Å². The molecule has 4 heterocycles. The Balaban J connectivity index is 1.49. The van der Waals surface area contributed by atoms with Crippen molar-refractivity contribution in [1.82, 2.24) is 14.5 Å². The molecule has 0 saturated carbocycles. The molecule has 8 nitrogen and oxygen atoms in total. The van der Waals surface area contributed by atoms with Crippen LogP contribution in [0.2, 0.25) is 0 Å². The number of carbonyl (C=O) groups excluding carboxylic acids is 1. The summed E-state index contributed by atoms with van der Waals surface area (Å²) in [6.07, 6.45) is 1.70. The molecule has 3 aromatic heterocycles. The molecule has 0 saturated heterocycles. The van der Waals surface area contributed by atoms with Gasteiger partial charge in [0, 0.05) is 23.0 Å². The summed E-state index contributed by atoms with van der Waals surface area (Å²) in [5.41, 5.74) is 3.83. The molecule has 0 aliphatic carbocycles. The van der Waals surface area contributed by atoms with Crippen LogP contribution in [0.3, 0.4) is 0 Å². The monoisotopic (exact) mass is 594 g/mol. The Bertz CT molecular complexity index is 1970. The number of nitrogens with zero attached hydrogens (tertiary/aromatic N) is 4. The highest BCUT2D eigenvalue weighted by atomic mass is 32.2. The van der Waals surface area contributed by atoms with Crippen molar-refractivity contribution in [3.8, 4) is 0 Å². The molecule has 0 bridgehead atoms. The smallest absolute Gasteiger partial charge is 0.338 e. The fourth-order valence-corrected chi connectivity index (χ4v) is 6.63. The summed E-state index contributed by atoms with van der Waals surface area (Å²) in [5, 5.41) is 1.20. The summed E-state index contributed by atoms with van der Waals surface area (Å²) in [6.45, 7) is 5.80. The van der Waals surface area contributed by atoms with E-state index in [-0.39, 0.29) is 12.2 Å². The molecule has 0 N–H and O–H groups in total. The summed E-state index contributed by atoms with van der Waals surface area (Å²) >= 11 is 2.57. The van der Waals surface area contributed by atoms with E-state index in [4.69, 9.17) is 14.1 Å². The number of hydrogen-bond donors (Lipinski definition) is 0. The molecular formula is C32H26N4O4S2. The second-order valence-electron chi connectivity index (χ2n) is 9.53. The highest BCUT2D eigenvalue weighted by Gasteiger charge is 2.35. The third kappa shape index (κ3) is 5.50. The quantitative estimate of drug-likeness (QED) is 0.191. The predicted octanol–water partition coefficient (Wildman–Crippen LogP) is 5.09. The minimum absolute atomic E-state index is 0.197. The summed E-state index contributed by atoms with van der Waals surface area (Å²) < 4.78 is 13.5. The molecule has 0 spiro atoms. The number of thiazole rings is 1. The number of benzene rings is 2. The normalized spacial score (nSPS) is 14.9. The summed E-state index contributed by atoms with van der Waals surface area (Å²) in [6, 6.07) is 23.8. The predicted molar refractivity (Wildman–Crippen MR) is 162 cm³/mol. The fraction of sp³-hybridized carbons (Fsp3) is 0.156. The van der Waals surface area contributed by atoms with Crippen LogP contribution in [-0.4, -0.2) is 27.1 Å². The highest BCUT2D eigenvalue weighted by Crippen LogP contribution is 2.35. The van der Waals surface area contributed by atoms with Gasteiger partial charge >= 0.3 is 5.97 Å². The number of ether oxygens (including phenoxy) is 1. The van der Waals surface area contributed by atoms with Crippen LogP contribution in [0, 0.1) is 13.8 Å². The number of hydrogen-bond acceptors (Lipinski definition) is 9. The largest absolute Gasteiger partial charge is 0.463 e. The highest BCUT2D eigenvalue weighted by molar-refractivity contribution is 7.99. The first-order valence-electron chi connectivity index (χ1n) is 13.3. The zero-order valence-corrected chi connectivity index (χ0v) is 24.7. The van der Waals surface area contributed by atoms with Crippen molar-refractivity contribution >= 4 is 40.8 Å². The molecule has 1 aliphatic rings. The third-order valence-electron chi connectivity index (χ3n) is 6.52. The standard InChI is InChI=1S/C32H26N4O4S2/c1-4-39-30(38)26-27(21-11-7-5-8-12-21)35-32-36(28(26)22-13-9-6-10-14-22)29(37)24(41-32)18-23-15-16-25(40-23)42-31-33-19(2)17-20(3)34-31/h5-18,28H,4H2,1-3H3/b24-18+/t28-/m1/s1. The Kier molecular flexibility index (Phi) is 7.73. The van der Waals surface area contributed by atoms with E-state index in [1.165, 1.54) is 23.1 Å². The molecule has 210 valence electrons.